The molecule has 0 radical (unpaired) electrons. The van der Waals surface area contributed by atoms with E-state index in [9.17, 15) is 18.0 Å². The van der Waals surface area contributed by atoms with Gasteiger partial charge in [0.1, 0.15) is 17.0 Å². The third-order valence-electron chi connectivity index (χ3n) is 5.47. The minimum absolute atomic E-state index is 0.261. The Morgan fingerprint density at radius 2 is 2.00 bits per heavy atom. The number of aryl methyl sites for hydroxylation is 1. The SMILES string of the molecule is Cc1c(C(=O)Nc2ccccc2C(F)(F)F)sc2ncnc(N3CCCCC3C)c12. The topological polar surface area (TPSA) is 58.1 Å². The zero-order valence-corrected chi connectivity index (χ0v) is 17.4. The molecule has 1 fully saturated rings. The molecule has 0 aliphatic carbocycles. The van der Waals surface area contributed by atoms with Crippen molar-refractivity contribution in [1.29, 1.82) is 0 Å². The van der Waals surface area contributed by atoms with E-state index in [0.717, 1.165) is 36.7 Å². The van der Waals surface area contributed by atoms with Gasteiger partial charge in [-0.25, -0.2) is 9.97 Å². The highest BCUT2D eigenvalue weighted by molar-refractivity contribution is 7.20. The van der Waals surface area contributed by atoms with Gasteiger partial charge in [0, 0.05) is 12.6 Å². The molecule has 1 aliphatic rings. The fraction of sp³-hybridized carbons (Fsp3) is 0.381. The number of halogens is 3. The molecule has 1 aromatic carbocycles. The van der Waals surface area contributed by atoms with E-state index >= 15 is 0 Å². The second-order valence-electron chi connectivity index (χ2n) is 7.47. The molecular formula is C21H21F3N4OS. The van der Waals surface area contributed by atoms with E-state index < -0.39 is 17.6 Å². The molecule has 3 heterocycles. The number of carbonyl (C=O) groups excluding carboxylic acids is 1. The van der Waals surface area contributed by atoms with Crippen LogP contribution in [0.15, 0.2) is 30.6 Å². The number of hydrogen-bond donors (Lipinski definition) is 1. The van der Waals surface area contributed by atoms with Crippen molar-refractivity contribution >= 4 is 39.0 Å². The summed E-state index contributed by atoms with van der Waals surface area (Å²) in [6.07, 6.45) is 0.231. The van der Waals surface area contributed by atoms with Gasteiger partial charge in [-0.2, -0.15) is 13.2 Å². The van der Waals surface area contributed by atoms with E-state index in [0.29, 0.717) is 21.3 Å². The Kier molecular flexibility index (Phi) is 5.40. The van der Waals surface area contributed by atoms with Crippen molar-refractivity contribution in [3.05, 3.63) is 46.6 Å². The minimum Gasteiger partial charge on any atom is -0.353 e. The molecule has 0 bridgehead atoms. The number of aromatic nitrogens is 2. The smallest absolute Gasteiger partial charge is 0.353 e. The summed E-state index contributed by atoms with van der Waals surface area (Å²) in [6.45, 7) is 4.82. The Labute approximate surface area is 175 Å². The first kappa shape index (κ1) is 20.6. The molecule has 1 unspecified atom stereocenters. The number of anilines is 2. The van der Waals surface area contributed by atoms with Crippen LogP contribution < -0.4 is 10.2 Å². The third kappa shape index (κ3) is 3.74. The van der Waals surface area contributed by atoms with Gasteiger partial charge in [0.2, 0.25) is 0 Å². The fourth-order valence-electron chi connectivity index (χ4n) is 3.92. The number of hydrogen-bond acceptors (Lipinski definition) is 5. The molecule has 1 saturated heterocycles. The maximum Gasteiger partial charge on any atom is 0.418 e. The molecule has 2 aromatic heterocycles. The number of thiophene rings is 1. The predicted octanol–water partition coefficient (Wildman–Crippen LogP) is 5.65. The first-order valence-corrected chi connectivity index (χ1v) is 10.6. The number of amides is 1. The molecule has 3 aromatic rings. The van der Waals surface area contributed by atoms with Crippen LogP contribution in [0.3, 0.4) is 0 Å². The molecule has 0 spiro atoms. The maximum absolute atomic E-state index is 13.3. The molecule has 0 saturated carbocycles. The van der Waals surface area contributed by atoms with Crippen molar-refractivity contribution < 1.29 is 18.0 Å². The minimum atomic E-state index is -4.55. The van der Waals surface area contributed by atoms with Gasteiger partial charge in [0.15, 0.2) is 0 Å². The van der Waals surface area contributed by atoms with E-state index in [-0.39, 0.29) is 5.69 Å². The summed E-state index contributed by atoms with van der Waals surface area (Å²) < 4.78 is 39.8. The first-order chi connectivity index (χ1) is 14.3. The van der Waals surface area contributed by atoms with Crippen molar-refractivity contribution in [2.24, 2.45) is 0 Å². The number of alkyl halides is 3. The molecular weight excluding hydrogens is 413 g/mol. The first-order valence-electron chi connectivity index (χ1n) is 9.75. The van der Waals surface area contributed by atoms with Gasteiger partial charge in [-0.15, -0.1) is 11.3 Å². The van der Waals surface area contributed by atoms with Crippen LogP contribution in [0.2, 0.25) is 0 Å². The quantitative estimate of drug-likeness (QED) is 0.579. The zero-order chi connectivity index (χ0) is 21.5. The summed E-state index contributed by atoms with van der Waals surface area (Å²) in [6, 6.07) is 5.29. The third-order valence-corrected chi connectivity index (χ3v) is 6.67. The fourth-order valence-corrected chi connectivity index (χ4v) is 4.96. The van der Waals surface area contributed by atoms with Crippen LogP contribution in [0, 0.1) is 6.92 Å². The number of nitrogens with one attached hydrogen (secondary N) is 1. The van der Waals surface area contributed by atoms with Crippen molar-refractivity contribution in [2.45, 2.75) is 45.3 Å². The zero-order valence-electron chi connectivity index (χ0n) is 16.6. The summed E-state index contributed by atoms with van der Waals surface area (Å²) in [5, 5.41) is 3.23. The lowest BCUT2D eigenvalue weighted by atomic mass is 10.0. The van der Waals surface area contributed by atoms with Gasteiger partial charge in [-0.3, -0.25) is 4.79 Å². The summed E-state index contributed by atoms with van der Waals surface area (Å²) in [5.74, 6) is 0.209. The molecule has 9 heteroatoms. The number of rotatable bonds is 3. The van der Waals surface area contributed by atoms with E-state index in [1.54, 1.807) is 6.92 Å². The normalized spacial score (nSPS) is 17.4. The van der Waals surface area contributed by atoms with Gasteiger partial charge in [0.25, 0.3) is 5.91 Å². The van der Waals surface area contributed by atoms with E-state index in [1.165, 1.54) is 42.3 Å². The Balaban J connectivity index is 1.72. The Morgan fingerprint density at radius 1 is 1.23 bits per heavy atom. The van der Waals surface area contributed by atoms with Crippen molar-refractivity contribution in [3.63, 3.8) is 0 Å². The van der Waals surface area contributed by atoms with E-state index in [1.807, 2.05) is 0 Å². The van der Waals surface area contributed by atoms with E-state index in [2.05, 4.69) is 27.1 Å². The molecule has 30 heavy (non-hydrogen) atoms. The lowest BCUT2D eigenvalue weighted by Gasteiger charge is -2.34. The summed E-state index contributed by atoms with van der Waals surface area (Å²) >= 11 is 1.17. The number of piperidine rings is 1. The van der Waals surface area contributed by atoms with Crippen LogP contribution in [-0.4, -0.2) is 28.5 Å². The van der Waals surface area contributed by atoms with Gasteiger partial charge in [-0.1, -0.05) is 12.1 Å². The lowest BCUT2D eigenvalue weighted by Crippen LogP contribution is -2.38. The summed E-state index contributed by atoms with van der Waals surface area (Å²) in [5.41, 5.74) is -0.451. The number of nitrogens with zero attached hydrogens (tertiary/aromatic N) is 3. The molecule has 1 N–H and O–H groups in total. The predicted molar refractivity (Wildman–Crippen MR) is 112 cm³/mol. The van der Waals surface area contributed by atoms with Crippen molar-refractivity contribution in [3.8, 4) is 0 Å². The monoisotopic (exact) mass is 434 g/mol. The Bertz CT molecular complexity index is 1100. The Morgan fingerprint density at radius 3 is 2.73 bits per heavy atom. The Hall–Kier alpha value is -2.68. The van der Waals surface area contributed by atoms with Crippen LogP contribution in [0.5, 0.6) is 0 Å². The van der Waals surface area contributed by atoms with E-state index in [4.69, 9.17) is 0 Å². The maximum atomic E-state index is 13.3. The average molecular weight is 434 g/mol. The molecule has 1 aliphatic heterocycles. The number of fused-ring (bicyclic) bond motifs is 1. The van der Waals surface area contributed by atoms with Crippen molar-refractivity contribution in [2.75, 3.05) is 16.8 Å². The molecule has 4 rings (SSSR count). The highest BCUT2D eigenvalue weighted by Gasteiger charge is 2.34. The van der Waals surface area contributed by atoms with Crippen molar-refractivity contribution in [1.82, 2.24) is 9.97 Å². The van der Waals surface area contributed by atoms with Gasteiger partial charge < -0.3 is 10.2 Å². The highest BCUT2D eigenvalue weighted by Crippen LogP contribution is 2.38. The number of para-hydroxylation sites is 1. The second-order valence-corrected chi connectivity index (χ2v) is 8.47. The molecule has 1 amide bonds. The largest absolute Gasteiger partial charge is 0.418 e. The summed E-state index contributed by atoms with van der Waals surface area (Å²) in [7, 11) is 0. The molecule has 5 nitrogen and oxygen atoms in total. The van der Waals surface area contributed by atoms with Crippen LogP contribution in [0.4, 0.5) is 24.7 Å². The highest BCUT2D eigenvalue weighted by atomic mass is 32.1. The standard InChI is InChI=1S/C21H21F3N4OS/c1-12-7-5-6-10-28(12)18-16-13(2)17(30-20(16)26-11-25-18)19(29)27-15-9-4-3-8-14(15)21(22,23)24/h3-4,8-9,11-12H,5-7,10H2,1-2H3,(H,27,29). The number of carbonyl (C=O) groups is 1. The lowest BCUT2D eigenvalue weighted by molar-refractivity contribution is -0.136. The second kappa shape index (κ2) is 7.86. The summed E-state index contributed by atoms with van der Waals surface area (Å²) in [4.78, 5) is 24.9. The van der Waals surface area contributed by atoms with Gasteiger partial charge >= 0.3 is 6.18 Å². The molecule has 158 valence electrons. The van der Waals surface area contributed by atoms with Crippen LogP contribution in [-0.2, 0) is 6.18 Å². The molecule has 1 atom stereocenters. The van der Waals surface area contributed by atoms with Gasteiger partial charge in [0.05, 0.1) is 21.5 Å². The van der Waals surface area contributed by atoms with Crippen LogP contribution in [0.1, 0.15) is 47.0 Å². The van der Waals surface area contributed by atoms with Crippen LogP contribution >= 0.6 is 11.3 Å². The average Bonchev–Trinajstić information content (AvgIpc) is 3.05. The van der Waals surface area contributed by atoms with Gasteiger partial charge in [-0.05, 0) is 50.8 Å². The number of benzene rings is 1. The van der Waals surface area contributed by atoms with Crippen LogP contribution in [0.25, 0.3) is 10.2 Å².